The van der Waals surface area contributed by atoms with E-state index in [1.807, 2.05) is 19.1 Å². The summed E-state index contributed by atoms with van der Waals surface area (Å²) >= 11 is 0. The molecule has 3 nitrogen and oxygen atoms in total. The molecule has 0 aliphatic carbocycles. The summed E-state index contributed by atoms with van der Waals surface area (Å²) in [4.78, 5) is 6.80. The molecule has 1 aromatic heterocycles. The Labute approximate surface area is 113 Å². The second-order valence-corrected chi connectivity index (χ2v) is 4.91. The van der Waals surface area contributed by atoms with E-state index < -0.39 is 0 Å². The molecule has 19 heavy (non-hydrogen) atoms. The van der Waals surface area contributed by atoms with Crippen molar-refractivity contribution in [2.24, 2.45) is 0 Å². The number of nitrogens with zero attached hydrogens (tertiary/aromatic N) is 3. The smallest absolute Gasteiger partial charge is 0.130 e. The van der Waals surface area contributed by atoms with Crippen LogP contribution in [0.5, 0.6) is 0 Å². The van der Waals surface area contributed by atoms with Gasteiger partial charge in [-0.15, -0.1) is 0 Å². The van der Waals surface area contributed by atoms with Crippen LogP contribution in [0.2, 0.25) is 0 Å². The first-order chi connectivity index (χ1) is 9.26. The van der Waals surface area contributed by atoms with Gasteiger partial charge in [-0.05, 0) is 36.6 Å². The number of nitriles is 1. The van der Waals surface area contributed by atoms with E-state index in [2.05, 4.69) is 40.2 Å². The molecule has 1 aliphatic rings. The molecular formula is C16H15N3. The zero-order valence-corrected chi connectivity index (χ0v) is 10.9. The van der Waals surface area contributed by atoms with Crippen molar-refractivity contribution in [3.8, 4) is 6.07 Å². The van der Waals surface area contributed by atoms with Gasteiger partial charge < -0.3 is 4.90 Å². The standard InChI is InChI=1S/C16H15N3/c1-12-8-13(10-17)9-16(18-12)19-7-6-14-4-2-3-5-15(14)11-19/h2-5,8-9H,6-7,11H2,1H3. The number of benzene rings is 1. The average molecular weight is 249 g/mol. The van der Waals surface area contributed by atoms with Crippen molar-refractivity contribution < 1.29 is 0 Å². The Morgan fingerprint density at radius 3 is 2.79 bits per heavy atom. The molecule has 3 heteroatoms. The summed E-state index contributed by atoms with van der Waals surface area (Å²) in [7, 11) is 0. The predicted octanol–water partition coefficient (Wildman–Crippen LogP) is 2.82. The summed E-state index contributed by atoms with van der Waals surface area (Å²) in [6.45, 7) is 3.76. The average Bonchev–Trinajstić information content (AvgIpc) is 2.46. The van der Waals surface area contributed by atoms with Crippen molar-refractivity contribution in [2.75, 3.05) is 11.4 Å². The summed E-state index contributed by atoms with van der Waals surface area (Å²) in [5.41, 5.74) is 4.36. The van der Waals surface area contributed by atoms with E-state index in [-0.39, 0.29) is 0 Å². The zero-order valence-electron chi connectivity index (χ0n) is 10.9. The lowest BCUT2D eigenvalue weighted by atomic mass is 10.00. The van der Waals surface area contributed by atoms with Gasteiger partial charge in [0.05, 0.1) is 11.6 Å². The van der Waals surface area contributed by atoms with Gasteiger partial charge in [-0.1, -0.05) is 24.3 Å². The lowest BCUT2D eigenvalue weighted by molar-refractivity contribution is 0.719. The van der Waals surface area contributed by atoms with E-state index in [0.29, 0.717) is 5.56 Å². The molecule has 2 aromatic rings. The summed E-state index contributed by atoms with van der Waals surface area (Å²) in [6, 6.07) is 14.4. The topological polar surface area (TPSA) is 39.9 Å². The minimum absolute atomic E-state index is 0.682. The van der Waals surface area contributed by atoms with Crippen molar-refractivity contribution in [3.63, 3.8) is 0 Å². The Morgan fingerprint density at radius 1 is 1.21 bits per heavy atom. The molecule has 0 N–H and O–H groups in total. The Kier molecular flexibility index (Phi) is 2.92. The van der Waals surface area contributed by atoms with E-state index in [1.54, 1.807) is 0 Å². The van der Waals surface area contributed by atoms with Crippen LogP contribution >= 0.6 is 0 Å². The summed E-state index contributed by atoms with van der Waals surface area (Å²) in [6.07, 6.45) is 1.04. The van der Waals surface area contributed by atoms with Gasteiger partial charge in [0, 0.05) is 18.8 Å². The van der Waals surface area contributed by atoms with Crippen molar-refractivity contribution in [3.05, 3.63) is 58.8 Å². The van der Waals surface area contributed by atoms with E-state index >= 15 is 0 Å². The molecule has 0 bridgehead atoms. The van der Waals surface area contributed by atoms with Crippen LogP contribution in [0.4, 0.5) is 5.82 Å². The van der Waals surface area contributed by atoms with Crippen LogP contribution < -0.4 is 4.90 Å². The fourth-order valence-corrected chi connectivity index (χ4v) is 2.57. The van der Waals surface area contributed by atoms with E-state index in [1.165, 1.54) is 11.1 Å². The number of aromatic nitrogens is 1. The van der Waals surface area contributed by atoms with Crippen LogP contribution in [0, 0.1) is 18.3 Å². The summed E-state index contributed by atoms with van der Waals surface area (Å²) in [5, 5.41) is 9.05. The normalized spacial score (nSPS) is 13.8. The van der Waals surface area contributed by atoms with Crippen molar-refractivity contribution >= 4 is 5.82 Å². The number of hydrogen-bond donors (Lipinski definition) is 0. The number of aryl methyl sites for hydroxylation is 1. The fourth-order valence-electron chi connectivity index (χ4n) is 2.57. The first-order valence-electron chi connectivity index (χ1n) is 6.47. The Balaban J connectivity index is 1.93. The minimum Gasteiger partial charge on any atom is -0.352 e. The highest BCUT2D eigenvalue weighted by Crippen LogP contribution is 2.23. The van der Waals surface area contributed by atoms with Crippen molar-refractivity contribution in [2.45, 2.75) is 19.9 Å². The molecule has 94 valence electrons. The van der Waals surface area contributed by atoms with Gasteiger partial charge in [0.1, 0.15) is 5.82 Å². The lowest BCUT2D eigenvalue weighted by Gasteiger charge is -2.30. The first kappa shape index (κ1) is 11.7. The molecule has 0 spiro atoms. The third-order valence-corrected chi connectivity index (χ3v) is 3.52. The largest absolute Gasteiger partial charge is 0.352 e. The van der Waals surface area contributed by atoms with Crippen LogP contribution in [-0.4, -0.2) is 11.5 Å². The van der Waals surface area contributed by atoms with Gasteiger partial charge in [-0.2, -0.15) is 5.26 Å². The maximum absolute atomic E-state index is 9.05. The maximum Gasteiger partial charge on any atom is 0.130 e. The van der Waals surface area contributed by atoms with Gasteiger partial charge >= 0.3 is 0 Å². The third-order valence-electron chi connectivity index (χ3n) is 3.52. The number of hydrogen-bond acceptors (Lipinski definition) is 3. The zero-order chi connectivity index (χ0) is 13.2. The van der Waals surface area contributed by atoms with Gasteiger partial charge in [-0.3, -0.25) is 0 Å². The molecule has 0 fully saturated rings. The molecule has 0 atom stereocenters. The number of anilines is 1. The predicted molar refractivity (Wildman–Crippen MR) is 74.9 cm³/mol. The van der Waals surface area contributed by atoms with Crippen LogP contribution in [-0.2, 0) is 13.0 Å². The summed E-state index contributed by atoms with van der Waals surface area (Å²) < 4.78 is 0. The Morgan fingerprint density at radius 2 is 2.00 bits per heavy atom. The minimum atomic E-state index is 0.682. The summed E-state index contributed by atoms with van der Waals surface area (Å²) in [5.74, 6) is 0.908. The lowest BCUT2D eigenvalue weighted by Crippen LogP contribution is -2.31. The molecule has 0 saturated heterocycles. The van der Waals surface area contributed by atoms with E-state index in [9.17, 15) is 0 Å². The fraction of sp³-hybridized carbons (Fsp3) is 0.250. The number of rotatable bonds is 1. The number of pyridine rings is 1. The molecule has 1 aliphatic heterocycles. The van der Waals surface area contributed by atoms with Crippen molar-refractivity contribution in [1.29, 1.82) is 5.26 Å². The van der Waals surface area contributed by atoms with Crippen LogP contribution in [0.15, 0.2) is 36.4 Å². The highest BCUT2D eigenvalue weighted by molar-refractivity contribution is 5.49. The SMILES string of the molecule is Cc1cc(C#N)cc(N2CCc3ccccc3C2)n1. The maximum atomic E-state index is 9.05. The Bertz CT molecular complexity index is 655. The highest BCUT2D eigenvalue weighted by Gasteiger charge is 2.17. The molecule has 1 aromatic carbocycles. The second kappa shape index (κ2) is 4.74. The van der Waals surface area contributed by atoms with Gasteiger partial charge in [0.25, 0.3) is 0 Å². The third kappa shape index (κ3) is 2.30. The van der Waals surface area contributed by atoms with Gasteiger partial charge in [0.15, 0.2) is 0 Å². The molecule has 0 amide bonds. The first-order valence-corrected chi connectivity index (χ1v) is 6.47. The highest BCUT2D eigenvalue weighted by atomic mass is 15.2. The molecule has 3 rings (SSSR count). The van der Waals surface area contributed by atoms with Crippen LogP contribution in [0.3, 0.4) is 0 Å². The van der Waals surface area contributed by atoms with E-state index in [4.69, 9.17) is 5.26 Å². The molecule has 2 heterocycles. The van der Waals surface area contributed by atoms with Gasteiger partial charge in [0.2, 0.25) is 0 Å². The molecule has 0 radical (unpaired) electrons. The van der Waals surface area contributed by atoms with Gasteiger partial charge in [-0.25, -0.2) is 4.98 Å². The monoisotopic (exact) mass is 249 g/mol. The van der Waals surface area contributed by atoms with Crippen LogP contribution in [0.1, 0.15) is 22.4 Å². The molecule has 0 saturated carbocycles. The van der Waals surface area contributed by atoms with E-state index in [0.717, 1.165) is 31.0 Å². The van der Waals surface area contributed by atoms with Crippen molar-refractivity contribution in [1.82, 2.24) is 4.98 Å². The molecular weight excluding hydrogens is 234 g/mol. The second-order valence-electron chi connectivity index (χ2n) is 4.91. The number of fused-ring (bicyclic) bond motifs is 1. The quantitative estimate of drug-likeness (QED) is 0.780. The van der Waals surface area contributed by atoms with Crippen LogP contribution in [0.25, 0.3) is 0 Å². The molecule has 0 unspecified atom stereocenters. The Hall–Kier alpha value is -2.34.